The molecule has 1 aliphatic rings. The quantitative estimate of drug-likeness (QED) is 0.692. The minimum Gasteiger partial charge on any atom is -0.350 e. The van der Waals surface area contributed by atoms with Crippen LogP contribution in [0.25, 0.3) is 5.13 Å². The fraction of sp³-hybridized carbons (Fsp3) is 0.381. The average Bonchev–Trinajstić information content (AvgIpc) is 3.32. The van der Waals surface area contributed by atoms with Crippen molar-refractivity contribution < 1.29 is 4.79 Å². The molecule has 1 amide bonds. The number of hydrogen-bond acceptors (Lipinski definition) is 5. The summed E-state index contributed by atoms with van der Waals surface area (Å²) in [5.74, 6) is -0.0903. The molecule has 0 aliphatic carbocycles. The normalized spacial score (nSPS) is 14.6. The van der Waals surface area contributed by atoms with E-state index in [0.29, 0.717) is 12.2 Å². The van der Waals surface area contributed by atoms with Gasteiger partial charge in [-0.15, -0.1) is 10.2 Å². The highest BCUT2D eigenvalue weighted by Crippen LogP contribution is 2.26. The molecule has 7 heteroatoms. The van der Waals surface area contributed by atoms with Gasteiger partial charge in [-0.2, -0.15) is 0 Å². The lowest BCUT2D eigenvalue weighted by molar-refractivity contribution is 0.0947. The smallest absolute Gasteiger partial charge is 0.268 e. The van der Waals surface area contributed by atoms with Crippen LogP contribution in [-0.2, 0) is 6.42 Å². The van der Waals surface area contributed by atoms with Crippen LogP contribution in [0.15, 0.2) is 48.7 Å². The third-order valence-electron chi connectivity index (χ3n) is 5.01. The van der Waals surface area contributed by atoms with E-state index in [2.05, 4.69) is 32.5 Å². The van der Waals surface area contributed by atoms with E-state index >= 15 is 0 Å². The Labute approximate surface area is 169 Å². The van der Waals surface area contributed by atoms with E-state index in [1.54, 1.807) is 11.3 Å². The molecule has 3 aromatic rings. The number of carbonyl (C=O) groups is 1. The van der Waals surface area contributed by atoms with Gasteiger partial charge in [0.25, 0.3) is 5.91 Å². The van der Waals surface area contributed by atoms with Gasteiger partial charge in [0.05, 0.1) is 0 Å². The molecule has 0 spiro atoms. The van der Waals surface area contributed by atoms with Crippen molar-refractivity contribution >= 4 is 22.4 Å². The summed E-state index contributed by atoms with van der Waals surface area (Å²) < 4.78 is 1.83. The molecule has 0 radical (unpaired) electrons. The first-order valence-electron chi connectivity index (χ1n) is 9.89. The lowest BCUT2D eigenvalue weighted by atomic mass is 10.1. The van der Waals surface area contributed by atoms with Crippen LogP contribution in [0.4, 0.5) is 5.13 Å². The van der Waals surface area contributed by atoms with Crippen molar-refractivity contribution in [2.24, 2.45) is 0 Å². The molecule has 1 saturated heterocycles. The Balaban J connectivity index is 1.41. The van der Waals surface area contributed by atoms with E-state index in [1.165, 1.54) is 31.2 Å². The molecule has 0 saturated carbocycles. The highest BCUT2D eigenvalue weighted by atomic mass is 32.1. The van der Waals surface area contributed by atoms with E-state index in [0.717, 1.165) is 29.8 Å². The number of hydrogen-bond donors (Lipinski definition) is 1. The van der Waals surface area contributed by atoms with Crippen LogP contribution in [-0.4, -0.2) is 40.3 Å². The Morgan fingerprint density at radius 1 is 0.964 bits per heavy atom. The number of benzene rings is 1. The van der Waals surface area contributed by atoms with Gasteiger partial charge in [0, 0.05) is 25.8 Å². The molecule has 146 valence electrons. The van der Waals surface area contributed by atoms with Gasteiger partial charge in [0.15, 0.2) is 0 Å². The van der Waals surface area contributed by atoms with Crippen LogP contribution in [0, 0.1) is 0 Å². The van der Waals surface area contributed by atoms with Crippen LogP contribution >= 0.6 is 11.3 Å². The average molecular weight is 396 g/mol. The van der Waals surface area contributed by atoms with Crippen molar-refractivity contribution in [2.75, 3.05) is 24.5 Å². The van der Waals surface area contributed by atoms with E-state index in [1.807, 2.05) is 41.1 Å². The number of aromatic nitrogens is 3. The second-order valence-corrected chi connectivity index (χ2v) is 7.96. The maximum absolute atomic E-state index is 12.7. The summed E-state index contributed by atoms with van der Waals surface area (Å²) in [6, 6.07) is 13.9. The van der Waals surface area contributed by atoms with Crippen LogP contribution < -0.4 is 10.2 Å². The molecule has 1 N–H and O–H groups in total. The van der Waals surface area contributed by atoms with Gasteiger partial charge in [0.2, 0.25) is 10.3 Å². The van der Waals surface area contributed by atoms with Crippen LogP contribution in [0.1, 0.15) is 41.7 Å². The van der Waals surface area contributed by atoms with Crippen molar-refractivity contribution in [2.45, 2.75) is 32.1 Å². The zero-order chi connectivity index (χ0) is 19.2. The molecule has 0 bridgehead atoms. The first kappa shape index (κ1) is 18.7. The summed E-state index contributed by atoms with van der Waals surface area (Å²) in [5, 5.41) is 13.4. The Bertz CT molecular complexity index is 896. The zero-order valence-electron chi connectivity index (χ0n) is 15.9. The Kier molecular flexibility index (Phi) is 6.01. The molecule has 3 heterocycles. The Hall–Kier alpha value is -2.67. The van der Waals surface area contributed by atoms with Crippen molar-refractivity contribution in [1.29, 1.82) is 0 Å². The minimum absolute atomic E-state index is 0.0903. The van der Waals surface area contributed by atoms with Gasteiger partial charge in [-0.05, 0) is 37.0 Å². The lowest BCUT2D eigenvalue weighted by Gasteiger charge is -2.17. The highest BCUT2D eigenvalue weighted by molar-refractivity contribution is 7.17. The van der Waals surface area contributed by atoms with Gasteiger partial charge in [-0.3, -0.25) is 9.36 Å². The van der Waals surface area contributed by atoms with Gasteiger partial charge >= 0.3 is 0 Å². The summed E-state index contributed by atoms with van der Waals surface area (Å²) in [4.78, 5) is 15.0. The molecule has 0 atom stereocenters. The first-order chi connectivity index (χ1) is 13.8. The number of nitrogens with zero attached hydrogens (tertiary/aromatic N) is 4. The summed E-state index contributed by atoms with van der Waals surface area (Å²) in [7, 11) is 0. The predicted octanol–water partition coefficient (Wildman–Crippen LogP) is 3.68. The zero-order valence-corrected chi connectivity index (χ0v) is 16.7. The minimum atomic E-state index is -0.0903. The summed E-state index contributed by atoms with van der Waals surface area (Å²) in [5.41, 5.74) is 1.80. The monoisotopic (exact) mass is 395 g/mol. The van der Waals surface area contributed by atoms with Crippen LogP contribution in [0.3, 0.4) is 0 Å². The topological polar surface area (TPSA) is 63.1 Å². The van der Waals surface area contributed by atoms with Crippen LogP contribution in [0.5, 0.6) is 0 Å². The molecule has 28 heavy (non-hydrogen) atoms. The molecule has 1 aliphatic heterocycles. The lowest BCUT2D eigenvalue weighted by Crippen LogP contribution is -2.27. The number of carbonyl (C=O) groups excluding carboxylic acids is 1. The van der Waals surface area contributed by atoms with E-state index in [9.17, 15) is 4.79 Å². The van der Waals surface area contributed by atoms with Gasteiger partial charge < -0.3 is 10.2 Å². The summed E-state index contributed by atoms with van der Waals surface area (Å²) >= 11 is 1.55. The Morgan fingerprint density at radius 2 is 1.71 bits per heavy atom. The molecular formula is C21H25N5OS. The standard InChI is InChI=1S/C21H25N5OS/c27-19(22-13-12-17-9-4-3-5-10-17)18-11-8-16-26(18)21-24-23-20(28-21)25-14-6-1-2-7-15-25/h3-5,8-11,16H,1-2,6-7,12-15H2,(H,22,27). The number of amides is 1. The second kappa shape index (κ2) is 9.01. The maximum Gasteiger partial charge on any atom is 0.268 e. The van der Waals surface area contributed by atoms with Gasteiger partial charge in [-0.25, -0.2) is 0 Å². The van der Waals surface area contributed by atoms with Crippen molar-refractivity contribution in [1.82, 2.24) is 20.1 Å². The van der Waals surface area contributed by atoms with E-state index < -0.39 is 0 Å². The van der Waals surface area contributed by atoms with Crippen molar-refractivity contribution in [3.63, 3.8) is 0 Å². The third kappa shape index (κ3) is 4.42. The van der Waals surface area contributed by atoms with E-state index in [-0.39, 0.29) is 5.91 Å². The van der Waals surface area contributed by atoms with Gasteiger partial charge in [-0.1, -0.05) is 54.5 Å². The number of anilines is 1. The highest BCUT2D eigenvalue weighted by Gasteiger charge is 2.18. The Morgan fingerprint density at radius 3 is 2.50 bits per heavy atom. The first-order valence-corrected chi connectivity index (χ1v) is 10.7. The maximum atomic E-state index is 12.7. The molecule has 4 rings (SSSR count). The van der Waals surface area contributed by atoms with Crippen LogP contribution in [0.2, 0.25) is 0 Å². The number of nitrogens with one attached hydrogen (secondary N) is 1. The third-order valence-corrected chi connectivity index (χ3v) is 5.99. The molecule has 0 unspecified atom stereocenters. The van der Waals surface area contributed by atoms with E-state index in [4.69, 9.17) is 0 Å². The van der Waals surface area contributed by atoms with Gasteiger partial charge in [0.1, 0.15) is 5.69 Å². The molecule has 2 aromatic heterocycles. The SMILES string of the molecule is O=C(NCCc1ccccc1)c1cccn1-c1nnc(N2CCCCCC2)s1. The fourth-order valence-electron chi connectivity index (χ4n) is 3.48. The fourth-order valence-corrected chi connectivity index (χ4v) is 4.38. The predicted molar refractivity (Wildman–Crippen MR) is 112 cm³/mol. The molecule has 1 fully saturated rings. The largest absolute Gasteiger partial charge is 0.350 e. The number of rotatable bonds is 6. The van der Waals surface area contributed by atoms with Crippen molar-refractivity contribution in [3.05, 3.63) is 59.9 Å². The molecule has 1 aromatic carbocycles. The summed E-state index contributed by atoms with van der Waals surface area (Å²) in [6.07, 6.45) is 7.66. The van der Waals surface area contributed by atoms with Crippen molar-refractivity contribution in [3.8, 4) is 5.13 Å². The second-order valence-electron chi connectivity index (χ2n) is 7.02. The molecule has 6 nitrogen and oxygen atoms in total. The molecular weight excluding hydrogens is 370 g/mol. The summed E-state index contributed by atoms with van der Waals surface area (Å²) in [6.45, 7) is 2.67.